The monoisotopic (exact) mass is 442 g/mol. The third kappa shape index (κ3) is 3.99. The largest absolute Gasteiger partial charge is 0.361 e. The quantitative estimate of drug-likeness (QED) is 0.463. The molecule has 0 radical (unpaired) electrons. The molecular weight excluding hydrogens is 420 g/mol. The van der Waals surface area contributed by atoms with Gasteiger partial charge < -0.3 is 15.2 Å². The zero-order valence-electron chi connectivity index (χ0n) is 17.4. The van der Waals surface area contributed by atoms with E-state index < -0.39 is 0 Å². The first-order chi connectivity index (χ1) is 15.7. The summed E-state index contributed by atoms with van der Waals surface area (Å²) < 4.78 is 0. The molecule has 0 unspecified atom stereocenters. The van der Waals surface area contributed by atoms with Gasteiger partial charge in [0.15, 0.2) is 0 Å². The molecular formula is C25H22N4O2S. The fourth-order valence-corrected chi connectivity index (χ4v) is 4.98. The molecule has 5 rings (SSSR count). The van der Waals surface area contributed by atoms with Crippen LogP contribution in [0.15, 0.2) is 83.0 Å². The number of carbonyl (C=O) groups is 2. The molecule has 3 heterocycles. The summed E-state index contributed by atoms with van der Waals surface area (Å²) in [6.45, 7) is 0.859. The minimum absolute atomic E-state index is 0.0709. The van der Waals surface area contributed by atoms with E-state index in [-0.39, 0.29) is 18.2 Å². The fourth-order valence-electron chi connectivity index (χ4n) is 3.96. The van der Waals surface area contributed by atoms with Crippen molar-refractivity contribution in [2.24, 2.45) is 0 Å². The van der Waals surface area contributed by atoms with E-state index in [9.17, 15) is 9.59 Å². The Balaban J connectivity index is 1.24. The Morgan fingerprint density at radius 3 is 2.84 bits per heavy atom. The lowest BCUT2D eigenvalue weighted by atomic mass is 10.1. The number of nitrogens with zero attached hydrogens (tertiary/aromatic N) is 2. The van der Waals surface area contributed by atoms with Crippen LogP contribution in [0, 0.1) is 0 Å². The Labute approximate surface area is 190 Å². The van der Waals surface area contributed by atoms with E-state index in [2.05, 4.69) is 21.4 Å². The minimum Gasteiger partial charge on any atom is -0.361 e. The number of pyridine rings is 1. The van der Waals surface area contributed by atoms with Gasteiger partial charge in [-0.15, -0.1) is 0 Å². The summed E-state index contributed by atoms with van der Waals surface area (Å²) in [5.41, 5.74) is 3.65. The molecule has 0 fully saturated rings. The van der Waals surface area contributed by atoms with E-state index in [0.717, 1.165) is 22.5 Å². The third-order valence-electron chi connectivity index (χ3n) is 5.56. The van der Waals surface area contributed by atoms with Crippen LogP contribution in [0.5, 0.6) is 0 Å². The first kappa shape index (κ1) is 20.3. The van der Waals surface area contributed by atoms with Crippen molar-refractivity contribution < 1.29 is 9.59 Å². The van der Waals surface area contributed by atoms with Crippen LogP contribution in [0.25, 0.3) is 10.9 Å². The molecule has 7 heteroatoms. The molecule has 0 bridgehead atoms. The van der Waals surface area contributed by atoms with E-state index in [1.165, 1.54) is 22.7 Å². The Kier molecular flexibility index (Phi) is 5.64. The van der Waals surface area contributed by atoms with Gasteiger partial charge in [0.2, 0.25) is 5.91 Å². The van der Waals surface area contributed by atoms with E-state index >= 15 is 0 Å². The van der Waals surface area contributed by atoms with Gasteiger partial charge in [-0.1, -0.05) is 42.1 Å². The van der Waals surface area contributed by atoms with Crippen LogP contribution in [0.4, 0.5) is 5.69 Å². The van der Waals surface area contributed by atoms with Gasteiger partial charge in [-0.25, -0.2) is 4.98 Å². The lowest BCUT2D eigenvalue weighted by molar-refractivity contribution is -0.120. The number of carbonyl (C=O) groups excluding carboxylic acids is 2. The zero-order valence-corrected chi connectivity index (χ0v) is 18.2. The fraction of sp³-hybridized carbons (Fsp3) is 0.160. The van der Waals surface area contributed by atoms with E-state index in [4.69, 9.17) is 0 Å². The molecule has 160 valence electrons. The number of para-hydroxylation sites is 2. The van der Waals surface area contributed by atoms with Crippen LogP contribution in [0.2, 0.25) is 0 Å². The van der Waals surface area contributed by atoms with Gasteiger partial charge in [0.05, 0.1) is 11.3 Å². The molecule has 0 spiro atoms. The number of aromatic amines is 1. The maximum atomic E-state index is 13.2. The standard InChI is InChI=1S/C25H22N4O2S/c30-23(26-14-11-17-16-28-20-8-2-1-6-18(17)20)12-15-29-21-9-3-4-10-22(21)32-24-19(25(29)31)7-5-13-27-24/h1-10,13,16,28H,11-12,14-15H2,(H,26,30). The summed E-state index contributed by atoms with van der Waals surface area (Å²) in [7, 11) is 0. The highest BCUT2D eigenvalue weighted by Crippen LogP contribution is 2.40. The molecule has 0 saturated carbocycles. The van der Waals surface area contributed by atoms with Gasteiger partial charge in [-0.3, -0.25) is 9.59 Å². The van der Waals surface area contributed by atoms with E-state index in [1.807, 2.05) is 48.7 Å². The second-order valence-electron chi connectivity index (χ2n) is 7.59. The first-order valence-electron chi connectivity index (χ1n) is 10.6. The van der Waals surface area contributed by atoms with Crippen molar-refractivity contribution in [3.63, 3.8) is 0 Å². The van der Waals surface area contributed by atoms with Crippen molar-refractivity contribution in [1.82, 2.24) is 15.3 Å². The van der Waals surface area contributed by atoms with Crippen molar-refractivity contribution in [3.8, 4) is 0 Å². The SMILES string of the molecule is O=C(CCN1C(=O)c2cccnc2Sc2ccccc21)NCCc1c[nH]c2ccccc12. The number of amides is 2. The molecule has 2 aromatic heterocycles. The van der Waals surface area contributed by atoms with Crippen molar-refractivity contribution in [2.75, 3.05) is 18.0 Å². The normalized spacial score (nSPS) is 12.9. The van der Waals surface area contributed by atoms with Gasteiger partial charge in [0.25, 0.3) is 5.91 Å². The number of H-pyrrole nitrogens is 1. The summed E-state index contributed by atoms with van der Waals surface area (Å²) in [4.78, 5) is 36.1. The Bertz CT molecular complexity index is 1300. The molecule has 2 N–H and O–H groups in total. The zero-order chi connectivity index (χ0) is 21.9. The van der Waals surface area contributed by atoms with Gasteiger partial charge in [0.1, 0.15) is 5.03 Å². The van der Waals surface area contributed by atoms with E-state index in [0.29, 0.717) is 23.7 Å². The van der Waals surface area contributed by atoms with Crippen LogP contribution in [0.3, 0.4) is 0 Å². The Morgan fingerprint density at radius 1 is 1.06 bits per heavy atom. The maximum absolute atomic E-state index is 13.2. The maximum Gasteiger partial charge on any atom is 0.261 e. The van der Waals surface area contributed by atoms with Crippen molar-refractivity contribution in [3.05, 3.63) is 84.2 Å². The molecule has 1 aliphatic rings. The summed E-state index contributed by atoms with van der Waals surface area (Å²) in [5, 5.41) is 4.86. The van der Waals surface area contributed by atoms with Crippen LogP contribution in [-0.4, -0.2) is 34.9 Å². The predicted molar refractivity (Wildman–Crippen MR) is 126 cm³/mol. The highest BCUT2D eigenvalue weighted by molar-refractivity contribution is 7.99. The summed E-state index contributed by atoms with van der Waals surface area (Å²) in [5.74, 6) is -0.199. The molecule has 2 amide bonds. The average molecular weight is 443 g/mol. The Morgan fingerprint density at radius 2 is 1.91 bits per heavy atom. The number of fused-ring (bicyclic) bond motifs is 3. The first-order valence-corrected chi connectivity index (χ1v) is 11.4. The van der Waals surface area contributed by atoms with Gasteiger partial charge in [-0.05, 0) is 42.3 Å². The highest BCUT2D eigenvalue weighted by Gasteiger charge is 2.28. The molecule has 32 heavy (non-hydrogen) atoms. The lowest BCUT2D eigenvalue weighted by Gasteiger charge is -2.22. The molecule has 0 atom stereocenters. The topological polar surface area (TPSA) is 78.1 Å². The number of nitrogens with one attached hydrogen (secondary N) is 2. The van der Waals surface area contributed by atoms with Gasteiger partial charge in [0, 0.05) is 47.7 Å². The van der Waals surface area contributed by atoms with Gasteiger partial charge in [-0.2, -0.15) is 0 Å². The predicted octanol–water partition coefficient (Wildman–Crippen LogP) is 4.42. The molecule has 6 nitrogen and oxygen atoms in total. The number of benzene rings is 2. The van der Waals surface area contributed by atoms with Crippen LogP contribution >= 0.6 is 11.8 Å². The van der Waals surface area contributed by atoms with Crippen LogP contribution in [0.1, 0.15) is 22.3 Å². The van der Waals surface area contributed by atoms with Crippen molar-refractivity contribution >= 4 is 40.2 Å². The molecule has 0 saturated heterocycles. The summed E-state index contributed by atoms with van der Waals surface area (Å²) >= 11 is 1.48. The van der Waals surface area contributed by atoms with Crippen molar-refractivity contribution in [2.45, 2.75) is 22.8 Å². The van der Waals surface area contributed by atoms with Crippen LogP contribution in [-0.2, 0) is 11.2 Å². The number of hydrogen-bond donors (Lipinski definition) is 2. The smallest absolute Gasteiger partial charge is 0.261 e. The van der Waals surface area contributed by atoms with Gasteiger partial charge >= 0.3 is 0 Å². The number of rotatable bonds is 6. The molecule has 2 aromatic carbocycles. The number of aromatic nitrogens is 2. The third-order valence-corrected chi connectivity index (χ3v) is 6.65. The molecule has 0 aliphatic carbocycles. The van der Waals surface area contributed by atoms with Crippen LogP contribution < -0.4 is 10.2 Å². The van der Waals surface area contributed by atoms with E-state index in [1.54, 1.807) is 23.2 Å². The lowest BCUT2D eigenvalue weighted by Crippen LogP contribution is -2.35. The molecule has 4 aromatic rings. The second-order valence-corrected chi connectivity index (χ2v) is 8.62. The second kappa shape index (κ2) is 8.88. The minimum atomic E-state index is -0.128. The number of hydrogen-bond acceptors (Lipinski definition) is 4. The van der Waals surface area contributed by atoms with Crippen molar-refractivity contribution in [1.29, 1.82) is 0 Å². The molecule has 1 aliphatic heterocycles. The summed E-state index contributed by atoms with van der Waals surface area (Å²) in [6.07, 6.45) is 4.66. The number of anilines is 1. The summed E-state index contributed by atoms with van der Waals surface area (Å²) in [6, 6.07) is 19.4. The average Bonchev–Trinajstić information content (AvgIpc) is 3.18. The highest BCUT2D eigenvalue weighted by atomic mass is 32.2. The Hall–Kier alpha value is -3.58.